The lowest BCUT2D eigenvalue weighted by molar-refractivity contribution is -0.120. The highest BCUT2D eigenvalue weighted by atomic mass is 19.1. The fourth-order valence-electron chi connectivity index (χ4n) is 1.92. The molecule has 19 heavy (non-hydrogen) atoms. The number of carbonyl (C=O) groups is 2. The van der Waals surface area contributed by atoms with Crippen molar-refractivity contribution in [1.82, 2.24) is 15.2 Å². The van der Waals surface area contributed by atoms with Crippen molar-refractivity contribution in [3.05, 3.63) is 23.6 Å². The van der Waals surface area contributed by atoms with Crippen molar-refractivity contribution in [2.45, 2.75) is 6.42 Å². The third-order valence-electron chi connectivity index (χ3n) is 2.96. The number of halogens is 1. The monoisotopic (exact) mass is 266 g/mol. The van der Waals surface area contributed by atoms with Gasteiger partial charge in [0.25, 0.3) is 5.91 Å². The van der Waals surface area contributed by atoms with Crippen LogP contribution in [-0.2, 0) is 4.79 Å². The van der Waals surface area contributed by atoms with Crippen molar-refractivity contribution in [2.75, 3.05) is 32.0 Å². The predicted molar refractivity (Wildman–Crippen MR) is 67.3 cm³/mol. The van der Waals surface area contributed by atoms with Crippen molar-refractivity contribution >= 4 is 17.6 Å². The van der Waals surface area contributed by atoms with E-state index in [1.807, 2.05) is 0 Å². The van der Waals surface area contributed by atoms with E-state index in [0.717, 1.165) is 0 Å². The summed E-state index contributed by atoms with van der Waals surface area (Å²) >= 11 is 0. The third-order valence-corrected chi connectivity index (χ3v) is 2.96. The molecule has 1 aliphatic rings. The van der Waals surface area contributed by atoms with Crippen LogP contribution in [0.15, 0.2) is 12.3 Å². The van der Waals surface area contributed by atoms with Crippen molar-refractivity contribution in [1.29, 1.82) is 0 Å². The molecule has 2 rings (SSSR count). The molecule has 6 nitrogen and oxygen atoms in total. The Labute approximate surface area is 110 Å². The van der Waals surface area contributed by atoms with Gasteiger partial charge < -0.3 is 15.5 Å². The molecule has 0 saturated carbocycles. The summed E-state index contributed by atoms with van der Waals surface area (Å²) < 4.78 is 14.0. The maximum absolute atomic E-state index is 14.0. The second-order valence-corrected chi connectivity index (χ2v) is 4.16. The topological polar surface area (TPSA) is 74.3 Å². The van der Waals surface area contributed by atoms with Gasteiger partial charge in [0, 0.05) is 39.3 Å². The van der Waals surface area contributed by atoms with Crippen LogP contribution in [-0.4, -0.2) is 48.4 Å². The molecule has 0 radical (unpaired) electrons. The zero-order chi connectivity index (χ0) is 13.8. The molecule has 0 bridgehead atoms. The summed E-state index contributed by atoms with van der Waals surface area (Å²) in [7, 11) is 1.54. The fourth-order valence-corrected chi connectivity index (χ4v) is 1.92. The Bertz CT molecular complexity index is 507. The lowest BCUT2D eigenvalue weighted by Gasteiger charge is -2.20. The van der Waals surface area contributed by atoms with Crippen LogP contribution in [0.2, 0.25) is 0 Å². The highest BCUT2D eigenvalue weighted by Crippen LogP contribution is 2.16. The molecule has 2 N–H and O–H groups in total. The van der Waals surface area contributed by atoms with Gasteiger partial charge in [-0.25, -0.2) is 9.37 Å². The van der Waals surface area contributed by atoms with Crippen LogP contribution >= 0.6 is 0 Å². The summed E-state index contributed by atoms with van der Waals surface area (Å²) in [6, 6.07) is 1.35. The number of anilines is 1. The first-order valence-electron chi connectivity index (χ1n) is 6.01. The number of rotatable bonds is 2. The van der Waals surface area contributed by atoms with E-state index in [1.54, 1.807) is 0 Å². The molecule has 1 saturated heterocycles. The Morgan fingerprint density at radius 2 is 2.32 bits per heavy atom. The van der Waals surface area contributed by atoms with E-state index in [0.29, 0.717) is 19.6 Å². The van der Waals surface area contributed by atoms with Gasteiger partial charge in [0.1, 0.15) is 0 Å². The molecule has 2 heterocycles. The molecule has 0 atom stereocenters. The minimum absolute atomic E-state index is 0.0336. The zero-order valence-corrected chi connectivity index (χ0v) is 10.6. The first-order valence-corrected chi connectivity index (χ1v) is 6.01. The Kier molecular flexibility index (Phi) is 3.94. The van der Waals surface area contributed by atoms with E-state index >= 15 is 0 Å². The quantitative estimate of drug-likeness (QED) is 0.803. The summed E-state index contributed by atoms with van der Waals surface area (Å²) in [5.74, 6) is -1.15. The van der Waals surface area contributed by atoms with Gasteiger partial charge >= 0.3 is 0 Å². The average Bonchev–Trinajstić information content (AvgIpc) is 2.63. The number of hydrogen-bond acceptors (Lipinski definition) is 4. The maximum atomic E-state index is 14.0. The molecular formula is C12H15FN4O2. The third kappa shape index (κ3) is 2.81. The molecule has 1 aliphatic heterocycles. The summed E-state index contributed by atoms with van der Waals surface area (Å²) in [5, 5.41) is 5.26. The van der Waals surface area contributed by atoms with E-state index in [1.165, 1.54) is 24.2 Å². The number of nitrogens with one attached hydrogen (secondary N) is 2. The lowest BCUT2D eigenvalue weighted by atomic mass is 10.2. The van der Waals surface area contributed by atoms with Crippen LogP contribution in [0, 0.1) is 5.82 Å². The number of pyridine rings is 1. The smallest absolute Gasteiger partial charge is 0.257 e. The van der Waals surface area contributed by atoms with Crippen molar-refractivity contribution in [3.63, 3.8) is 0 Å². The molecular weight excluding hydrogens is 251 g/mol. The Morgan fingerprint density at radius 1 is 1.53 bits per heavy atom. The Hall–Kier alpha value is -2.18. The molecule has 0 unspecified atom stereocenters. The van der Waals surface area contributed by atoms with Gasteiger partial charge in [0.05, 0.1) is 5.56 Å². The number of nitrogens with zero attached hydrogens (tertiary/aromatic N) is 2. The number of carbonyl (C=O) groups excluding carboxylic acids is 2. The normalized spacial score (nSPS) is 15.7. The molecule has 2 amide bonds. The molecule has 1 fully saturated rings. The molecule has 7 heteroatoms. The van der Waals surface area contributed by atoms with E-state index in [2.05, 4.69) is 15.6 Å². The highest BCUT2D eigenvalue weighted by molar-refractivity contribution is 5.95. The number of hydrogen-bond donors (Lipinski definition) is 2. The van der Waals surface area contributed by atoms with Crippen molar-refractivity contribution in [2.24, 2.45) is 0 Å². The van der Waals surface area contributed by atoms with Crippen LogP contribution in [0.5, 0.6) is 0 Å². The number of aromatic nitrogens is 1. The Morgan fingerprint density at radius 3 is 3.05 bits per heavy atom. The lowest BCUT2D eigenvalue weighted by Crippen LogP contribution is -2.34. The minimum Gasteiger partial charge on any atom is -0.371 e. The first kappa shape index (κ1) is 13.3. The van der Waals surface area contributed by atoms with Crippen LogP contribution in [0.25, 0.3) is 0 Å². The summed E-state index contributed by atoms with van der Waals surface area (Å²) in [6.45, 7) is 1.05. The van der Waals surface area contributed by atoms with Gasteiger partial charge in [0.2, 0.25) is 5.91 Å². The van der Waals surface area contributed by atoms with Crippen LogP contribution < -0.4 is 10.6 Å². The molecule has 1 aromatic heterocycles. The molecule has 102 valence electrons. The second kappa shape index (κ2) is 5.64. The van der Waals surface area contributed by atoms with Crippen LogP contribution in [0.1, 0.15) is 16.8 Å². The van der Waals surface area contributed by atoms with Crippen molar-refractivity contribution in [3.8, 4) is 0 Å². The average molecular weight is 266 g/mol. The molecule has 0 spiro atoms. The van der Waals surface area contributed by atoms with E-state index in [9.17, 15) is 14.0 Å². The predicted octanol–water partition coefficient (Wildman–Crippen LogP) is 0.224. The standard InChI is InChI=1S/C12H15FN4O2/c1-14-11-10(13)8(2-4-16-11)12(19)17-6-3-9(18)15-5-7-17/h2,4H,3,5-7H2,1H3,(H,14,16)(H,15,18). The molecule has 1 aromatic rings. The number of amides is 2. The summed E-state index contributed by atoms with van der Waals surface area (Å²) in [6.07, 6.45) is 1.61. The fraction of sp³-hybridized carbons (Fsp3) is 0.417. The van der Waals surface area contributed by atoms with E-state index in [4.69, 9.17) is 0 Å². The largest absolute Gasteiger partial charge is 0.371 e. The van der Waals surface area contributed by atoms with Gasteiger partial charge in [0.15, 0.2) is 11.6 Å². The molecule has 0 aromatic carbocycles. The van der Waals surface area contributed by atoms with E-state index in [-0.39, 0.29) is 23.7 Å². The summed E-state index contributed by atoms with van der Waals surface area (Å²) in [4.78, 5) is 28.7. The van der Waals surface area contributed by atoms with Crippen LogP contribution in [0.4, 0.5) is 10.2 Å². The second-order valence-electron chi connectivity index (χ2n) is 4.16. The van der Waals surface area contributed by atoms with Gasteiger partial charge in [-0.15, -0.1) is 0 Å². The highest BCUT2D eigenvalue weighted by Gasteiger charge is 2.23. The zero-order valence-electron chi connectivity index (χ0n) is 10.6. The molecule has 0 aliphatic carbocycles. The summed E-state index contributed by atoms with van der Waals surface area (Å²) in [5.41, 5.74) is -0.0336. The van der Waals surface area contributed by atoms with E-state index < -0.39 is 11.7 Å². The van der Waals surface area contributed by atoms with Gasteiger partial charge in [-0.1, -0.05) is 0 Å². The van der Waals surface area contributed by atoms with Gasteiger partial charge in [-0.2, -0.15) is 0 Å². The van der Waals surface area contributed by atoms with Gasteiger partial charge in [-0.05, 0) is 6.07 Å². The van der Waals surface area contributed by atoms with Crippen molar-refractivity contribution < 1.29 is 14.0 Å². The maximum Gasteiger partial charge on any atom is 0.257 e. The Balaban J connectivity index is 2.21. The van der Waals surface area contributed by atoms with Gasteiger partial charge in [-0.3, -0.25) is 9.59 Å². The SMILES string of the molecule is CNc1nccc(C(=O)N2CCNC(=O)CC2)c1F. The first-order chi connectivity index (χ1) is 9.13. The van der Waals surface area contributed by atoms with Crippen LogP contribution in [0.3, 0.4) is 0 Å². The minimum atomic E-state index is -0.668.